The summed E-state index contributed by atoms with van der Waals surface area (Å²) in [4.78, 5) is 24.6. The van der Waals surface area contributed by atoms with Crippen LogP contribution in [-0.4, -0.2) is 67.5 Å². The molecule has 9 nitrogen and oxygen atoms in total. The minimum Gasteiger partial charge on any atom is -0.497 e. The van der Waals surface area contributed by atoms with Crippen LogP contribution in [0.15, 0.2) is 27.8 Å². The van der Waals surface area contributed by atoms with E-state index in [4.69, 9.17) is 13.9 Å². The number of benzene rings is 1. The standard InChI is InChI=1S/C16H20N4O5S/c1-20(2)14(22)8-17-13(21)9-26-16-19-18-15(25-16)10-5-11(23-3)7-12(6-10)24-4/h5-7H,8-9H2,1-4H3,(H,17,21). The summed E-state index contributed by atoms with van der Waals surface area (Å²) in [7, 11) is 6.34. The number of carbonyl (C=O) groups is 2. The predicted molar refractivity (Wildman–Crippen MR) is 95.3 cm³/mol. The molecule has 0 aliphatic heterocycles. The van der Waals surface area contributed by atoms with Crippen molar-refractivity contribution in [3.05, 3.63) is 18.2 Å². The highest BCUT2D eigenvalue weighted by molar-refractivity contribution is 7.99. The van der Waals surface area contributed by atoms with E-state index in [2.05, 4.69) is 15.5 Å². The van der Waals surface area contributed by atoms with Gasteiger partial charge >= 0.3 is 0 Å². The summed E-state index contributed by atoms with van der Waals surface area (Å²) in [6.45, 7) is -0.0505. The van der Waals surface area contributed by atoms with Gasteiger partial charge in [-0.2, -0.15) is 0 Å². The Bertz CT molecular complexity index is 756. The molecule has 0 bridgehead atoms. The molecule has 1 aromatic carbocycles. The second-order valence-corrected chi connectivity index (χ2v) is 6.25. The summed E-state index contributed by atoms with van der Waals surface area (Å²) >= 11 is 1.08. The smallest absolute Gasteiger partial charge is 0.277 e. The minimum absolute atomic E-state index is 0.0505. The molecule has 0 spiro atoms. The SMILES string of the molecule is COc1cc(OC)cc(-c2nnc(SCC(=O)NCC(=O)N(C)C)o2)c1. The third-order valence-electron chi connectivity index (χ3n) is 3.27. The molecule has 0 aliphatic carbocycles. The molecule has 0 radical (unpaired) electrons. The van der Waals surface area contributed by atoms with E-state index in [1.54, 1.807) is 46.5 Å². The van der Waals surface area contributed by atoms with Crippen molar-refractivity contribution in [1.82, 2.24) is 20.4 Å². The highest BCUT2D eigenvalue weighted by Crippen LogP contribution is 2.30. The zero-order chi connectivity index (χ0) is 19.1. The van der Waals surface area contributed by atoms with Gasteiger partial charge in [0, 0.05) is 25.7 Å². The Hall–Kier alpha value is -2.75. The number of nitrogens with one attached hydrogen (secondary N) is 1. The number of aromatic nitrogens is 2. The Morgan fingerprint density at radius 1 is 1.15 bits per heavy atom. The van der Waals surface area contributed by atoms with Crippen LogP contribution in [-0.2, 0) is 9.59 Å². The monoisotopic (exact) mass is 380 g/mol. The first kappa shape index (κ1) is 19.6. The molecule has 2 rings (SSSR count). The summed E-state index contributed by atoms with van der Waals surface area (Å²) < 4.78 is 16.0. The molecule has 26 heavy (non-hydrogen) atoms. The van der Waals surface area contributed by atoms with E-state index in [-0.39, 0.29) is 35.2 Å². The van der Waals surface area contributed by atoms with Crippen molar-refractivity contribution in [3.63, 3.8) is 0 Å². The molecule has 2 aromatic rings. The average molecular weight is 380 g/mol. The fourth-order valence-electron chi connectivity index (χ4n) is 1.83. The molecule has 0 atom stereocenters. The third kappa shape index (κ3) is 5.38. The molecule has 0 unspecified atom stereocenters. The molecule has 1 heterocycles. The lowest BCUT2D eigenvalue weighted by Crippen LogP contribution is -2.36. The van der Waals surface area contributed by atoms with Gasteiger partial charge in [-0.1, -0.05) is 11.8 Å². The lowest BCUT2D eigenvalue weighted by molar-refractivity contribution is -0.130. The van der Waals surface area contributed by atoms with Crippen molar-refractivity contribution in [2.45, 2.75) is 5.22 Å². The van der Waals surface area contributed by atoms with E-state index in [1.165, 1.54) is 4.90 Å². The van der Waals surface area contributed by atoms with E-state index in [1.807, 2.05) is 0 Å². The molecule has 10 heteroatoms. The van der Waals surface area contributed by atoms with E-state index in [0.717, 1.165) is 11.8 Å². The van der Waals surface area contributed by atoms with Crippen LogP contribution >= 0.6 is 11.8 Å². The first-order valence-electron chi connectivity index (χ1n) is 7.59. The highest BCUT2D eigenvalue weighted by atomic mass is 32.2. The lowest BCUT2D eigenvalue weighted by Gasteiger charge is -2.10. The number of hydrogen-bond acceptors (Lipinski definition) is 8. The van der Waals surface area contributed by atoms with Crippen molar-refractivity contribution in [2.24, 2.45) is 0 Å². The first-order chi connectivity index (χ1) is 12.4. The van der Waals surface area contributed by atoms with Crippen LogP contribution in [0, 0.1) is 0 Å². The molecule has 140 valence electrons. The Morgan fingerprint density at radius 2 is 1.81 bits per heavy atom. The molecule has 1 N–H and O–H groups in total. The highest BCUT2D eigenvalue weighted by Gasteiger charge is 2.14. The van der Waals surface area contributed by atoms with Crippen molar-refractivity contribution in [2.75, 3.05) is 40.6 Å². The van der Waals surface area contributed by atoms with Crippen molar-refractivity contribution < 1.29 is 23.5 Å². The summed E-state index contributed by atoms with van der Waals surface area (Å²) in [6.07, 6.45) is 0. The van der Waals surface area contributed by atoms with Crippen LogP contribution in [0.1, 0.15) is 0 Å². The number of nitrogens with zero attached hydrogens (tertiary/aromatic N) is 3. The summed E-state index contributed by atoms with van der Waals surface area (Å²) in [5.41, 5.74) is 0.640. The maximum absolute atomic E-state index is 11.8. The van der Waals surface area contributed by atoms with Crippen molar-refractivity contribution in [1.29, 1.82) is 0 Å². The fraction of sp³-hybridized carbons (Fsp3) is 0.375. The topological polar surface area (TPSA) is 107 Å². The largest absolute Gasteiger partial charge is 0.497 e. The summed E-state index contributed by atoms with van der Waals surface area (Å²) in [6, 6.07) is 5.21. The van der Waals surface area contributed by atoms with Crippen LogP contribution in [0.5, 0.6) is 11.5 Å². The van der Waals surface area contributed by atoms with Gasteiger partial charge in [0.05, 0.1) is 26.5 Å². The maximum atomic E-state index is 11.8. The molecule has 1 aromatic heterocycles. The Labute approximate surface area is 155 Å². The van der Waals surface area contributed by atoms with E-state index in [0.29, 0.717) is 17.1 Å². The average Bonchev–Trinajstić information content (AvgIpc) is 3.12. The van der Waals surface area contributed by atoms with Crippen LogP contribution in [0.25, 0.3) is 11.5 Å². The molecular weight excluding hydrogens is 360 g/mol. The maximum Gasteiger partial charge on any atom is 0.277 e. The van der Waals surface area contributed by atoms with Gasteiger partial charge < -0.3 is 24.1 Å². The summed E-state index contributed by atoms with van der Waals surface area (Å²) in [5.74, 6) is 1.05. The molecular formula is C16H20N4O5S. The van der Waals surface area contributed by atoms with Gasteiger partial charge in [0.25, 0.3) is 5.22 Å². The second kappa shape index (κ2) is 9.09. The predicted octanol–water partition coefficient (Wildman–Crippen LogP) is 1.05. The van der Waals surface area contributed by atoms with Gasteiger partial charge in [-0.3, -0.25) is 9.59 Å². The van der Waals surface area contributed by atoms with E-state index < -0.39 is 0 Å². The number of carbonyl (C=O) groups excluding carboxylic acids is 2. The van der Waals surface area contributed by atoms with Gasteiger partial charge in [-0.25, -0.2) is 0 Å². The zero-order valence-corrected chi connectivity index (χ0v) is 15.8. The molecule has 0 fully saturated rings. The fourth-order valence-corrected chi connectivity index (χ4v) is 2.42. The number of thioether (sulfide) groups is 1. The third-order valence-corrected chi connectivity index (χ3v) is 4.09. The molecule has 0 aliphatic rings. The second-order valence-electron chi connectivity index (χ2n) is 5.33. The van der Waals surface area contributed by atoms with E-state index in [9.17, 15) is 9.59 Å². The number of amides is 2. The van der Waals surface area contributed by atoms with Crippen LogP contribution in [0.3, 0.4) is 0 Å². The normalized spacial score (nSPS) is 10.3. The lowest BCUT2D eigenvalue weighted by atomic mass is 10.2. The molecule has 0 saturated carbocycles. The number of likely N-dealkylation sites (N-methyl/N-ethyl adjacent to an activating group) is 1. The van der Waals surface area contributed by atoms with Crippen LogP contribution in [0.2, 0.25) is 0 Å². The minimum atomic E-state index is -0.298. The molecule has 0 saturated heterocycles. The van der Waals surface area contributed by atoms with Crippen LogP contribution in [0.4, 0.5) is 0 Å². The number of rotatable bonds is 8. The Morgan fingerprint density at radius 3 is 2.38 bits per heavy atom. The quantitative estimate of drug-likeness (QED) is 0.677. The number of ether oxygens (including phenoxy) is 2. The Balaban J connectivity index is 1.96. The van der Waals surface area contributed by atoms with Gasteiger partial charge in [0.15, 0.2) is 0 Å². The van der Waals surface area contributed by atoms with Gasteiger partial charge in [-0.05, 0) is 12.1 Å². The number of hydrogen-bond donors (Lipinski definition) is 1. The number of methoxy groups -OCH3 is 2. The molecule has 2 amide bonds. The summed E-state index contributed by atoms with van der Waals surface area (Å²) in [5, 5.41) is 10.7. The van der Waals surface area contributed by atoms with Gasteiger partial charge in [0.2, 0.25) is 17.7 Å². The van der Waals surface area contributed by atoms with Crippen LogP contribution < -0.4 is 14.8 Å². The first-order valence-corrected chi connectivity index (χ1v) is 8.58. The van der Waals surface area contributed by atoms with Gasteiger partial charge in [-0.15, -0.1) is 10.2 Å². The van der Waals surface area contributed by atoms with Gasteiger partial charge in [0.1, 0.15) is 11.5 Å². The Kier molecular flexibility index (Phi) is 6.84. The van der Waals surface area contributed by atoms with Crippen molar-refractivity contribution >= 4 is 23.6 Å². The van der Waals surface area contributed by atoms with E-state index >= 15 is 0 Å². The van der Waals surface area contributed by atoms with Crippen molar-refractivity contribution in [3.8, 4) is 23.0 Å². The zero-order valence-electron chi connectivity index (χ0n) is 14.9.